The van der Waals surface area contributed by atoms with E-state index in [9.17, 15) is 4.79 Å². The first-order valence-electron chi connectivity index (χ1n) is 4.95. The third-order valence-electron chi connectivity index (χ3n) is 1.93. The van der Waals surface area contributed by atoms with E-state index < -0.39 is 6.16 Å². The second-order valence-corrected chi connectivity index (χ2v) is 3.23. The molecular weight excluding hydrogens is 168 g/mol. The Kier molecular flexibility index (Phi) is 7.45. The van der Waals surface area contributed by atoms with Crippen molar-refractivity contribution in [2.24, 2.45) is 0 Å². The largest absolute Gasteiger partial charge is 0.508 e. The van der Waals surface area contributed by atoms with Gasteiger partial charge in [0.1, 0.15) is 6.10 Å². The van der Waals surface area contributed by atoms with Gasteiger partial charge in [0.2, 0.25) is 0 Å². The molecule has 0 heterocycles. The van der Waals surface area contributed by atoms with Crippen molar-refractivity contribution in [1.82, 2.24) is 0 Å². The van der Waals surface area contributed by atoms with E-state index in [1.54, 1.807) is 0 Å². The molecule has 0 aromatic rings. The standard InChI is InChI=1S/C10H20O3/c1-4-5-6-7-8-9(2)13-10(11)12-3/h9H,4-8H2,1-3H3. The van der Waals surface area contributed by atoms with Crippen molar-refractivity contribution >= 4 is 6.16 Å². The molecule has 0 spiro atoms. The summed E-state index contributed by atoms with van der Waals surface area (Å²) in [6.07, 6.45) is 5.14. The van der Waals surface area contributed by atoms with Gasteiger partial charge in [-0.15, -0.1) is 0 Å². The van der Waals surface area contributed by atoms with Crippen molar-refractivity contribution in [3.05, 3.63) is 0 Å². The minimum Gasteiger partial charge on any atom is -0.438 e. The SMILES string of the molecule is CCCCCCC(C)OC(=O)OC. The van der Waals surface area contributed by atoms with Crippen LogP contribution >= 0.6 is 0 Å². The molecule has 0 aromatic carbocycles. The highest BCUT2D eigenvalue weighted by Gasteiger charge is 2.07. The van der Waals surface area contributed by atoms with E-state index >= 15 is 0 Å². The Hall–Kier alpha value is -0.730. The van der Waals surface area contributed by atoms with Crippen molar-refractivity contribution in [3.63, 3.8) is 0 Å². The maximum atomic E-state index is 10.7. The zero-order chi connectivity index (χ0) is 10.1. The highest BCUT2D eigenvalue weighted by atomic mass is 16.7. The van der Waals surface area contributed by atoms with Crippen LogP contribution < -0.4 is 0 Å². The molecule has 0 aliphatic rings. The average molecular weight is 188 g/mol. The van der Waals surface area contributed by atoms with Gasteiger partial charge in [-0.1, -0.05) is 26.2 Å². The van der Waals surface area contributed by atoms with Crippen molar-refractivity contribution < 1.29 is 14.3 Å². The molecule has 3 heteroatoms. The average Bonchev–Trinajstić information content (AvgIpc) is 2.12. The van der Waals surface area contributed by atoms with E-state index in [0.717, 1.165) is 12.8 Å². The molecule has 13 heavy (non-hydrogen) atoms. The second kappa shape index (κ2) is 7.90. The van der Waals surface area contributed by atoms with Gasteiger partial charge in [-0.25, -0.2) is 4.79 Å². The number of hydrogen-bond donors (Lipinski definition) is 0. The summed E-state index contributed by atoms with van der Waals surface area (Å²) in [4.78, 5) is 10.7. The molecule has 0 radical (unpaired) electrons. The summed E-state index contributed by atoms with van der Waals surface area (Å²) in [5.41, 5.74) is 0. The van der Waals surface area contributed by atoms with Crippen LogP contribution in [0.1, 0.15) is 46.0 Å². The summed E-state index contributed by atoms with van der Waals surface area (Å²) >= 11 is 0. The van der Waals surface area contributed by atoms with Crippen molar-refractivity contribution in [2.75, 3.05) is 7.11 Å². The van der Waals surface area contributed by atoms with Gasteiger partial charge in [-0.05, 0) is 19.8 Å². The van der Waals surface area contributed by atoms with Gasteiger partial charge < -0.3 is 9.47 Å². The second-order valence-electron chi connectivity index (χ2n) is 3.23. The highest BCUT2D eigenvalue weighted by Crippen LogP contribution is 2.08. The number of rotatable bonds is 6. The van der Waals surface area contributed by atoms with Crippen molar-refractivity contribution in [1.29, 1.82) is 0 Å². The van der Waals surface area contributed by atoms with Crippen LogP contribution in [-0.2, 0) is 9.47 Å². The van der Waals surface area contributed by atoms with Crippen LogP contribution in [0.3, 0.4) is 0 Å². The highest BCUT2D eigenvalue weighted by molar-refractivity contribution is 5.59. The zero-order valence-electron chi connectivity index (χ0n) is 8.84. The Balaban J connectivity index is 3.29. The molecule has 3 nitrogen and oxygen atoms in total. The fourth-order valence-corrected chi connectivity index (χ4v) is 1.13. The smallest absolute Gasteiger partial charge is 0.438 e. The van der Waals surface area contributed by atoms with Crippen LogP contribution in [0.2, 0.25) is 0 Å². The predicted octanol–water partition coefficient (Wildman–Crippen LogP) is 3.13. The third kappa shape index (κ3) is 7.62. The van der Waals surface area contributed by atoms with Crippen LogP contribution in [0, 0.1) is 0 Å². The Morgan fingerprint density at radius 3 is 2.54 bits per heavy atom. The maximum Gasteiger partial charge on any atom is 0.508 e. The van der Waals surface area contributed by atoms with Crippen LogP contribution in [0.25, 0.3) is 0 Å². The third-order valence-corrected chi connectivity index (χ3v) is 1.93. The fraction of sp³-hybridized carbons (Fsp3) is 0.900. The number of carbonyl (C=O) groups is 1. The molecule has 0 bridgehead atoms. The lowest BCUT2D eigenvalue weighted by Crippen LogP contribution is -2.14. The molecule has 0 fully saturated rings. The normalized spacial score (nSPS) is 12.2. The van der Waals surface area contributed by atoms with E-state index in [1.807, 2.05) is 6.92 Å². The van der Waals surface area contributed by atoms with Gasteiger partial charge in [0.25, 0.3) is 0 Å². The Morgan fingerprint density at radius 2 is 2.00 bits per heavy atom. The molecule has 0 N–H and O–H groups in total. The minimum atomic E-state index is -0.581. The number of carbonyl (C=O) groups excluding carboxylic acids is 1. The summed E-state index contributed by atoms with van der Waals surface area (Å²) < 4.78 is 9.31. The Labute approximate surface area is 80.4 Å². The van der Waals surface area contributed by atoms with Gasteiger partial charge in [-0.3, -0.25) is 0 Å². The summed E-state index contributed by atoms with van der Waals surface area (Å²) in [5.74, 6) is 0. The lowest BCUT2D eigenvalue weighted by molar-refractivity contribution is 0.0397. The van der Waals surface area contributed by atoms with E-state index in [2.05, 4.69) is 11.7 Å². The Bertz CT molecular complexity index is 134. The van der Waals surface area contributed by atoms with Gasteiger partial charge in [0.15, 0.2) is 0 Å². The van der Waals surface area contributed by atoms with Gasteiger partial charge >= 0.3 is 6.16 Å². The molecule has 0 aliphatic heterocycles. The zero-order valence-corrected chi connectivity index (χ0v) is 8.84. The first-order chi connectivity index (χ1) is 6.20. The molecule has 78 valence electrons. The van der Waals surface area contributed by atoms with E-state index in [-0.39, 0.29) is 6.10 Å². The fourth-order valence-electron chi connectivity index (χ4n) is 1.13. The number of unbranched alkanes of at least 4 members (excludes halogenated alkanes) is 3. The lowest BCUT2D eigenvalue weighted by Gasteiger charge is -2.11. The first kappa shape index (κ1) is 12.3. The van der Waals surface area contributed by atoms with Gasteiger partial charge in [0, 0.05) is 0 Å². The summed E-state index contributed by atoms with van der Waals surface area (Å²) in [7, 11) is 1.33. The van der Waals surface area contributed by atoms with E-state index in [1.165, 1.54) is 26.4 Å². The topological polar surface area (TPSA) is 35.5 Å². The quantitative estimate of drug-likeness (QED) is 0.474. The molecule has 0 aliphatic carbocycles. The monoisotopic (exact) mass is 188 g/mol. The number of hydrogen-bond acceptors (Lipinski definition) is 3. The minimum absolute atomic E-state index is 0.0238. The molecule has 0 aromatic heterocycles. The molecule has 1 unspecified atom stereocenters. The summed E-state index contributed by atoms with van der Waals surface area (Å²) in [6.45, 7) is 4.07. The summed E-state index contributed by atoms with van der Waals surface area (Å²) in [6, 6.07) is 0. The first-order valence-corrected chi connectivity index (χ1v) is 4.95. The molecule has 1 atom stereocenters. The molecule has 0 rings (SSSR count). The van der Waals surface area contributed by atoms with Crippen molar-refractivity contribution in [2.45, 2.75) is 52.1 Å². The number of ether oxygens (including phenoxy) is 2. The predicted molar refractivity (Wildman–Crippen MR) is 51.7 cm³/mol. The van der Waals surface area contributed by atoms with Crippen LogP contribution in [0.15, 0.2) is 0 Å². The van der Waals surface area contributed by atoms with Gasteiger partial charge in [-0.2, -0.15) is 0 Å². The number of methoxy groups -OCH3 is 1. The van der Waals surface area contributed by atoms with E-state index in [0.29, 0.717) is 0 Å². The Morgan fingerprint density at radius 1 is 1.31 bits per heavy atom. The molecular formula is C10H20O3. The molecule has 0 saturated carbocycles. The van der Waals surface area contributed by atoms with Crippen LogP contribution in [-0.4, -0.2) is 19.4 Å². The van der Waals surface area contributed by atoms with Crippen LogP contribution in [0.4, 0.5) is 4.79 Å². The van der Waals surface area contributed by atoms with Crippen LogP contribution in [0.5, 0.6) is 0 Å². The van der Waals surface area contributed by atoms with E-state index in [4.69, 9.17) is 4.74 Å². The van der Waals surface area contributed by atoms with Crippen molar-refractivity contribution in [3.8, 4) is 0 Å². The molecule has 0 amide bonds. The molecule has 0 saturated heterocycles. The summed E-state index contributed by atoms with van der Waals surface area (Å²) in [5, 5.41) is 0. The van der Waals surface area contributed by atoms with Gasteiger partial charge in [0.05, 0.1) is 7.11 Å². The maximum absolute atomic E-state index is 10.7. The lowest BCUT2D eigenvalue weighted by atomic mass is 10.1.